The van der Waals surface area contributed by atoms with Gasteiger partial charge in [0.05, 0.1) is 7.11 Å². The highest BCUT2D eigenvalue weighted by molar-refractivity contribution is 5.99. The summed E-state index contributed by atoms with van der Waals surface area (Å²) in [5, 5.41) is 2.91. The summed E-state index contributed by atoms with van der Waals surface area (Å²) in [5.74, 6) is 0.335. The molecule has 2 amide bonds. The molecule has 1 aliphatic heterocycles. The minimum Gasteiger partial charge on any atom is -0.497 e. The normalized spacial score (nSPS) is 15.3. The number of aryl methyl sites for hydroxylation is 1. The van der Waals surface area contributed by atoms with Crippen LogP contribution in [0.5, 0.6) is 5.75 Å². The quantitative estimate of drug-likeness (QED) is 0.669. The second kappa shape index (κ2) is 10.4. The fourth-order valence-electron chi connectivity index (χ4n) is 3.99. The molecule has 0 saturated carbocycles. The van der Waals surface area contributed by atoms with Gasteiger partial charge in [-0.25, -0.2) is 0 Å². The predicted molar refractivity (Wildman–Crippen MR) is 124 cm³/mol. The number of hydrogen-bond acceptors (Lipinski definition) is 4. The largest absolute Gasteiger partial charge is 0.497 e. The zero-order chi connectivity index (χ0) is 23.3. The molecule has 0 unspecified atom stereocenters. The maximum absolute atomic E-state index is 13.2. The van der Waals surface area contributed by atoms with Crippen LogP contribution < -0.4 is 10.1 Å². The summed E-state index contributed by atoms with van der Waals surface area (Å²) in [4.78, 5) is 40.5. The van der Waals surface area contributed by atoms with Crippen molar-refractivity contribution in [2.75, 3.05) is 20.2 Å². The lowest BCUT2D eigenvalue weighted by molar-refractivity contribution is -0.135. The first-order valence-corrected chi connectivity index (χ1v) is 11.1. The number of Topliss-reactive ketones (excluding diaryl/α,β-unsaturated/α-hetero) is 1. The highest BCUT2D eigenvalue weighted by atomic mass is 16.5. The molecule has 6 heteroatoms. The highest BCUT2D eigenvalue weighted by Gasteiger charge is 2.33. The van der Waals surface area contributed by atoms with E-state index in [-0.39, 0.29) is 29.4 Å². The van der Waals surface area contributed by atoms with Gasteiger partial charge in [-0.2, -0.15) is 0 Å². The van der Waals surface area contributed by atoms with Crippen LogP contribution in [0.3, 0.4) is 0 Å². The number of carbonyl (C=O) groups excluding carboxylic acids is 3. The third-order valence-electron chi connectivity index (χ3n) is 6.09. The number of hydrogen-bond donors (Lipinski definition) is 1. The van der Waals surface area contributed by atoms with E-state index in [1.165, 1.54) is 0 Å². The molecule has 1 saturated heterocycles. The lowest BCUT2D eigenvalue weighted by atomic mass is 9.88. The summed E-state index contributed by atoms with van der Waals surface area (Å²) in [6.07, 6.45) is 1.24. The monoisotopic (exact) mass is 436 g/mol. The van der Waals surface area contributed by atoms with Crippen molar-refractivity contribution in [1.29, 1.82) is 0 Å². The number of carbonyl (C=O) groups is 3. The molecular formula is C26H32N2O4. The van der Waals surface area contributed by atoms with Gasteiger partial charge >= 0.3 is 0 Å². The van der Waals surface area contributed by atoms with Gasteiger partial charge in [-0.1, -0.05) is 31.5 Å². The molecule has 6 nitrogen and oxygen atoms in total. The fraction of sp³-hybridized carbons (Fsp3) is 0.423. The maximum atomic E-state index is 13.2. The molecule has 0 radical (unpaired) electrons. The van der Waals surface area contributed by atoms with Crippen LogP contribution in [-0.2, 0) is 4.79 Å². The molecule has 0 spiro atoms. The van der Waals surface area contributed by atoms with E-state index < -0.39 is 6.04 Å². The van der Waals surface area contributed by atoms with E-state index in [0.29, 0.717) is 37.1 Å². The molecule has 1 aliphatic rings. The first-order valence-electron chi connectivity index (χ1n) is 11.1. The van der Waals surface area contributed by atoms with E-state index in [1.807, 2.05) is 32.9 Å². The number of likely N-dealkylation sites (tertiary alicyclic amines) is 1. The van der Waals surface area contributed by atoms with Crippen LogP contribution in [0.1, 0.15) is 53.0 Å². The van der Waals surface area contributed by atoms with Crippen molar-refractivity contribution in [2.24, 2.45) is 11.8 Å². The van der Waals surface area contributed by atoms with Crippen molar-refractivity contribution in [3.05, 3.63) is 65.2 Å². The average Bonchev–Trinajstić information content (AvgIpc) is 2.82. The van der Waals surface area contributed by atoms with E-state index in [1.54, 1.807) is 48.4 Å². The molecule has 170 valence electrons. The van der Waals surface area contributed by atoms with Gasteiger partial charge in [0.1, 0.15) is 11.8 Å². The second-order valence-electron chi connectivity index (χ2n) is 8.75. The fourth-order valence-corrected chi connectivity index (χ4v) is 3.99. The van der Waals surface area contributed by atoms with Crippen LogP contribution in [0.2, 0.25) is 0 Å². The Bertz CT molecular complexity index is 943. The van der Waals surface area contributed by atoms with E-state index in [9.17, 15) is 14.4 Å². The van der Waals surface area contributed by atoms with Crippen LogP contribution in [0.4, 0.5) is 0 Å². The van der Waals surface area contributed by atoms with Gasteiger partial charge in [0.25, 0.3) is 5.91 Å². The van der Waals surface area contributed by atoms with Crippen molar-refractivity contribution in [1.82, 2.24) is 10.2 Å². The second-order valence-corrected chi connectivity index (χ2v) is 8.75. The number of piperidine rings is 1. The number of ether oxygens (including phenoxy) is 1. The molecule has 0 aliphatic carbocycles. The van der Waals surface area contributed by atoms with Gasteiger partial charge in [0.2, 0.25) is 5.91 Å². The Morgan fingerprint density at radius 2 is 1.50 bits per heavy atom. The number of amides is 2. The van der Waals surface area contributed by atoms with Gasteiger partial charge in [0, 0.05) is 30.1 Å². The molecule has 3 rings (SSSR count). The van der Waals surface area contributed by atoms with Gasteiger partial charge in [0.15, 0.2) is 5.78 Å². The molecule has 0 bridgehead atoms. The van der Waals surface area contributed by atoms with Gasteiger partial charge in [-0.3, -0.25) is 14.4 Å². The van der Waals surface area contributed by atoms with Crippen molar-refractivity contribution in [3.8, 4) is 5.75 Å². The molecule has 1 N–H and O–H groups in total. The molecule has 2 aromatic rings. The number of nitrogens with zero attached hydrogens (tertiary/aromatic N) is 1. The van der Waals surface area contributed by atoms with E-state index >= 15 is 0 Å². The van der Waals surface area contributed by atoms with Gasteiger partial charge in [-0.05, 0) is 62.1 Å². The number of rotatable bonds is 7. The first-order chi connectivity index (χ1) is 15.3. The minimum atomic E-state index is -0.599. The Morgan fingerprint density at radius 1 is 0.938 bits per heavy atom. The molecular weight excluding hydrogens is 404 g/mol. The van der Waals surface area contributed by atoms with Crippen LogP contribution in [-0.4, -0.2) is 48.7 Å². The molecule has 2 aromatic carbocycles. The Hall–Kier alpha value is -3.15. The lowest BCUT2D eigenvalue weighted by Crippen LogP contribution is -2.53. The topological polar surface area (TPSA) is 75.7 Å². The summed E-state index contributed by atoms with van der Waals surface area (Å²) in [6.45, 7) is 6.84. The van der Waals surface area contributed by atoms with Gasteiger partial charge < -0.3 is 15.0 Å². The van der Waals surface area contributed by atoms with Crippen molar-refractivity contribution >= 4 is 17.6 Å². The SMILES string of the molecule is COc1ccc(C(=O)C2CCN(C(=O)[C@@H](NC(=O)c3ccc(C)cc3)C(C)C)CC2)cc1. The Labute approximate surface area is 189 Å². The summed E-state index contributed by atoms with van der Waals surface area (Å²) in [7, 11) is 1.59. The maximum Gasteiger partial charge on any atom is 0.251 e. The molecule has 32 heavy (non-hydrogen) atoms. The zero-order valence-electron chi connectivity index (χ0n) is 19.3. The first kappa shape index (κ1) is 23.5. The number of ketones is 1. The summed E-state index contributed by atoms with van der Waals surface area (Å²) in [5.41, 5.74) is 2.28. The molecule has 1 fully saturated rings. The summed E-state index contributed by atoms with van der Waals surface area (Å²) < 4.78 is 5.15. The van der Waals surface area contributed by atoms with Crippen LogP contribution in [0, 0.1) is 18.8 Å². The lowest BCUT2D eigenvalue weighted by Gasteiger charge is -2.35. The molecule has 1 heterocycles. The Morgan fingerprint density at radius 3 is 2.03 bits per heavy atom. The van der Waals surface area contributed by atoms with E-state index in [2.05, 4.69) is 5.32 Å². The Balaban J connectivity index is 1.59. The van der Waals surface area contributed by atoms with Crippen molar-refractivity contribution in [3.63, 3.8) is 0 Å². The van der Waals surface area contributed by atoms with E-state index in [4.69, 9.17) is 4.74 Å². The van der Waals surface area contributed by atoms with Crippen LogP contribution in [0.15, 0.2) is 48.5 Å². The average molecular weight is 437 g/mol. The summed E-state index contributed by atoms with van der Waals surface area (Å²) in [6, 6.07) is 13.8. The van der Waals surface area contributed by atoms with Crippen molar-refractivity contribution < 1.29 is 19.1 Å². The third kappa shape index (κ3) is 5.55. The third-order valence-corrected chi connectivity index (χ3v) is 6.09. The van der Waals surface area contributed by atoms with Crippen LogP contribution in [0.25, 0.3) is 0 Å². The predicted octanol–water partition coefficient (Wildman–Crippen LogP) is 3.88. The molecule has 1 atom stereocenters. The number of methoxy groups -OCH3 is 1. The molecule has 0 aromatic heterocycles. The smallest absolute Gasteiger partial charge is 0.251 e. The van der Waals surface area contributed by atoms with Gasteiger partial charge in [-0.15, -0.1) is 0 Å². The zero-order valence-corrected chi connectivity index (χ0v) is 19.3. The summed E-state index contributed by atoms with van der Waals surface area (Å²) >= 11 is 0. The van der Waals surface area contributed by atoms with Crippen molar-refractivity contribution in [2.45, 2.75) is 39.7 Å². The standard InChI is InChI=1S/C26H32N2O4/c1-17(2)23(27-25(30)21-7-5-18(3)6-8-21)26(31)28-15-13-20(14-16-28)24(29)19-9-11-22(32-4)12-10-19/h5-12,17,20,23H,13-16H2,1-4H3,(H,27,30)/t23-/m0/s1. The number of benzene rings is 2. The Kier molecular flexibility index (Phi) is 7.67. The number of nitrogens with one attached hydrogen (secondary N) is 1. The highest BCUT2D eigenvalue weighted by Crippen LogP contribution is 2.24. The van der Waals surface area contributed by atoms with Crippen LogP contribution >= 0.6 is 0 Å². The van der Waals surface area contributed by atoms with E-state index in [0.717, 1.165) is 11.3 Å². The minimum absolute atomic E-state index is 0.0458.